The minimum absolute atomic E-state index is 0.611. The quantitative estimate of drug-likeness (QED) is 0.762. The fourth-order valence-electron chi connectivity index (χ4n) is 1.51. The fourth-order valence-corrected chi connectivity index (χ4v) is 1.51. The lowest BCUT2D eigenvalue weighted by Crippen LogP contribution is -2.20. The molecular weight excluding hydrogens is 214 g/mol. The summed E-state index contributed by atoms with van der Waals surface area (Å²) < 4.78 is 2.03. The molecule has 0 bridgehead atoms. The van der Waals surface area contributed by atoms with Crippen LogP contribution in [0.3, 0.4) is 0 Å². The molecule has 0 amide bonds. The van der Waals surface area contributed by atoms with Crippen LogP contribution in [0, 0.1) is 5.92 Å². The summed E-state index contributed by atoms with van der Waals surface area (Å²) in [5.74, 6) is 0.660. The van der Waals surface area contributed by atoms with Gasteiger partial charge in [-0.1, -0.05) is 13.8 Å². The number of aliphatic hydroxyl groups is 1. The Balaban J connectivity index is 2.32. The molecule has 0 fully saturated rings. The Kier molecular flexibility index (Phi) is 5.15. The van der Waals surface area contributed by atoms with E-state index in [0.717, 1.165) is 31.7 Å². The van der Waals surface area contributed by atoms with Crippen LogP contribution in [-0.2, 0) is 13.1 Å². The maximum Gasteiger partial charge on any atom is 0.0949 e. The molecule has 17 heavy (non-hydrogen) atoms. The van der Waals surface area contributed by atoms with Crippen molar-refractivity contribution in [2.75, 3.05) is 6.54 Å². The Labute approximate surface area is 104 Å². The second-order valence-corrected chi connectivity index (χ2v) is 5.69. The Morgan fingerprint density at radius 1 is 1.47 bits per heavy atom. The molecular formula is C13H25N3O. The summed E-state index contributed by atoms with van der Waals surface area (Å²) in [6.45, 7) is 10.7. The Morgan fingerprint density at radius 3 is 2.76 bits per heavy atom. The molecule has 0 spiro atoms. The van der Waals surface area contributed by atoms with Crippen molar-refractivity contribution >= 4 is 0 Å². The van der Waals surface area contributed by atoms with Gasteiger partial charge in [0.1, 0.15) is 0 Å². The van der Waals surface area contributed by atoms with Gasteiger partial charge in [-0.2, -0.15) is 0 Å². The molecule has 1 aromatic heterocycles. The van der Waals surface area contributed by atoms with Crippen molar-refractivity contribution in [3.8, 4) is 0 Å². The van der Waals surface area contributed by atoms with E-state index in [-0.39, 0.29) is 0 Å². The zero-order chi connectivity index (χ0) is 12.9. The Bertz CT molecular complexity index is 326. The fraction of sp³-hybridized carbons (Fsp3) is 0.769. The van der Waals surface area contributed by atoms with Crippen molar-refractivity contribution in [1.82, 2.24) is 14.9 Å². The maximum atomic E-state index is 9.64. The highest BCUT2D eigenvalue weighted by atomic mass is 16.3. The lowest BCUT2D eigenvalue weighted by Gasteiger charge is -2.16. The number of aryl methyl sites for hydroxylation is 1. The summed E-state index contributed by atoms with van der Waals surface area (Å²) in [6, 6.07) is 0. The number of hydrogen-bond donors (Lipinski definition) is 2. The molecule has 0 saturated heterocycles. The topological polar surface area (TPSA) is 50.1 Å². The van der Waals surface area contributed by atoms with Crippen LogP contribution in [0.2, 0.25) is 0 Å². The highest BCUT2D eigenvalue weighted by molar-refractivity contribution is 4.96. The van der Waals surface area contributed by atoms with Crippen LogP contribution in [0.4, 0.5) is 0 Å². The molecule has 4 heteroatoms. The summed E-state index contributed by atoms with van der Waals surface area (Å²) in [5.41, 5.74) is 0.446. The number of nitrogens with zero attached hydrogens (tertiary/aromatic N) is 2. The molecule has 0 aliphatic carbocycles. The van der Waals surface area contributed by atoms with Gasteiger partial charge in [-0.3, -0.25) is 0 Å². The molecule has 1 rings (SSSR count). The van der Waals surface area contributed by atoms with E-state index in [0.29, 0.717) is 5.92 Å². The largest absolute Gasteiger partial charge is 0.390 e. The average Bonchev–Trinajstić information content (AvgIpc) is 2.61. The first-order chi connectivity index (χ1) is 7.87. The third-order valence-electron chi connectivity index (χ3n) is 2.53. The van der Waals surface area contributed by atoms with Crippen molar-refractivity contribution < 1.29 is 5.11 Å². The Hall–Kier alpha value is -0.870. The predicted molar refractivity (Wildman–Crippen MR) is 69.7 cm³/mol. The number of hydrogen-bond acceptors (Lipinski definition) is 3. The van der Waals surface area contributed by atoms with Crippen molar-refractivity contribution in [3.63, 3.8) is 0 Å². The van der Waals surface area contributed by atoms with Crippen LogP contribution >= 0.6 is 0 Å². The van der Waals surface area contributed by atoms with E-state index in [1.165, 1.54) is 0 Å². The van der Waals surface area contributed by atoms with Crippen molar-refractivity contribution in [2.45, 2.75) is 52.8 Å². The Morgan fingerprint density at radius 2 is 2.18 bits per heavy atom. The van der Waals surface area contributed by atoms with Crippen LogP contribution in [0.15, 0.2) is 12.5 Å². The zero-order valence-corrected chi connectivity index (χ0v) is 11.4. The molecule has 0 radical (unpaired) electrons. The first-order valence-corrected chi connectivity index (χ1v) is 6.30. The molecule has 0 atom stereocenters. The monoisotopic (exact) mass is 239 g/mol. The average molecular weight is 239 g/mol. The SMILES string of the molecule is CC(C)CNCc1cn(CCC(C)(C)O)cn1. The first kappa shape index (κ1) is 14.2. The zero-order valence-electron chi connectivity index (χ0n) is 11.4. The highest BCUT2D eigenvalue weighted by Crippen LogP contribution is 2.09. The van der Waals surface area contributed by atoms with Crippen LogP contribution in [0.5, 0.6) is 0 Å². The second kappa shape index (κ2) is 6.17. The molecule has 1 heterocycles. The summed E-state index contributed by atoms with van der Waals surface area (Å²) in [6.07, 6.45) is 4.61. The second-order valence-electron chi connectivity index (χ2n) is 5.69. The third-order valence-corrected chi connectivity index (χ3v) is 2.53. The molecule has 2 N–H and O–H groups in total. The lowest BCUT2D eigenvalue weighted by atomic mass is 10.1. The van der Waals surface area contributed by atoms with Crippen molar-refractivity contribution in [1.29, 1.82) is 0 Å². The van der Waals surface area contributed by atoms with Crippen LogP contribution in [0.25, 0.3) is 0 Å². The molecule has 0 unspecified atom stereocenters. The summed E-state index contributed by atoms with van der Waals surface area (Å²) in [4.78, 5) is 4.33. The van der Waals surface area contributed by atoms with Gasteiger partial charge >= 0.3 is 0 Å². The van der Waals surface area contributed by atoms with E-state index in [2.05, 4.69) is 24.1 Å². The van der Waals surface area contributed by atoms with Gasteiger partial charge in [-0.15, -0.1) is 0 Å². The number of imidazole rings is 1. The van der Waals surface area contributed by atoms with Crippen LogP contribution in [0.1, 0.15) is 39.8 Å². The summed E-state index contributed by atoms with van der Waals surface area (Å²) in [7, 11) is 0. The van der Waals surface area contributed by atoms with E-state index >= 15 is 0 Å². The number of rotatable bonds is 7. The van der Waals surface area contributed by atoms with Gasteiger partial charge in [0, 0.05) is 19.3 Å². The molecule has 4 nitrogen and oxygen atoms in total. The first-order valence-electron chi connectivity index (χ1n) is 6.30. The van der Waals surface area contributed by atoms with Gasteiger partial charge < -0.3 is 15.0 Å². The van der Waals surface area contributed by atoms with Gasteiger partial charge in [0.25, 0.3) is 0 Å². The minimum atomic E-state index is -0.611. The van der Waals surface area contributed by atoms with E-state index in [9.17, 15) is 5.11 Å². The van der Waals surface area contributed by atoms with Gasteiger partial charge in [-0.25, -0.2) is 4.98 Å². The molecule has 1 aromatic rings. The van der Waals surface area contributed by atoms with Crippen LogP contribution < -0.4 is 5.32 Å². The molecule has 0 aliphatic heterocycles. The van der Waals surface area contributed by atoms with E-state index in [4.69, 9.17) is 0 Å². The smallest absolute Gasteiger partial charge is 0.0949 e. The van der Waals surface area contributed by atoms with Gasteiger partial charge in [0.15, 0.2) is 0 Å². The van der Waals surface area contributed by atoms with E-state index in [1.807, 2.05) is 30.9 Å². The van der Waals surface area contributed by atoms with Crippen molar-refractivity contribution in [3.05, 3.63) is 18.2 Å². The van der Waals surface area contributed by atoms with Gasteiger partial charge in [0.2, 0.25) is 0 Å². The van der Waals surface area contributed by atoms with Crippen LogP contribution in [-0.4, -0.2) is 26.8 Å². The van der Waals surface area contributed by atoms with E-state index < -0.39 is 5.60 Å². The van der Waals surface area contributed by atoms with Crippen molar-refractivity contribution in [2.24, 2.45) is 5.92 Å². The predicted octanol–water partition coefficient (Wildman–Crippen LogP) is 1.79. The normalized spacial score (nSPS) is 12.4. The third kappa shape index (κ3) is 6.44. The van der Waals surface area contributed by atoms with Gasteiger partial charge in [-0.05, 0) is 32.7 Å². The molecule has 0 aromatic carbocycles. The molecule has 0 aliphatic rings. The number of aromatic nitrogens is 2. The standard InChI is InChI=1S/C13H25N3O/c1-11(2)7-14-8-12-9-16(10-15-12)6-5-13(3,4)17/h9-11,14,17H,5-8H2,1-4H3. The van der Waals surface area contributed by atoms with Gasteiger partial charge in [0.05, 0.1) is 17.6 Å². The minimum Gasteiger partial charge on any atom is -0.390 e. The summed E-state index contributed by atoms with van der Waals surface area (Å²) in [5, 5.41) is 13.0. The highest BCUT2D eigenvalue weighted by Gasteiger charge is 2.12. The number of nitrogens with one attached hydrogen (secondary N) is 1. The lowest BCUT2D eigenvalue weighted by molar-refractivity contribution is 0.0662. The van der Waals surface area contributed by atoms with E-state index in [1.54, 1.807) is 0 Å². The summed E-state index contributed by atoms with van der Waals surface area (Å²) >= 11 is 0. The maximum absolute atomic E-state index is 9.64. The molecule has 98 valence electrons. The molecule has 0 saturated carbocycles.